The fourth-order valence-corrected chi connectivity index (χ4v) is 3.13. The monoisotopic (exact) mass is 359 g/mol. The number of hydrogen-bond donors (Lipinski definition) is 1. The summed E-state index contributed by atoms with van der Waals surface area (Å²) < 4.78 is 32.6. The minimum absolute atomic E-state index is 0.0986. The maximum atomic E-state index is 12.0. The van der Waals surface area contributed by atoms with Gasteiger partial charge in [-0.15, -0.1) is 11.3 Å². The van der Waals surface area contributed by atoms with Crippen molar-refractivity contribution in [1.29, 1.82) is 0 Å². The van der Waals surface area contributed by atoms with Crippen LogP contribution >= 0.6 is 11.3 Å². The molecular weight excluding hydrogens is 342 g/mol. The molecule has 1 unspecified atom stereocenters. The Morgan fingerprint density at radius 1 is 1.43 bits per heavy atom. The Morgan fingerprint density at radius 3 is 2.57 bits per heavy atom. The fraction of sp³-hybridized carbons (Fsp3) is 0.462. The molecule has 0 fully saturated rings. The second kappa shape index (κ2) is 6.02. The van der Waals surface area contributed by atoms with E-state index in [1.54, 1.807) is 6.92 Å². The number of nitrogens with zero attached hydrogens (tertiary/aromatic N) is 2. The lowest BCUT2D eigenvalue weighted by Crippen LogP contribution is -2.14. The number of rotatable bonds is 4. The van der Waals surface area contributed by atoms with Gasteiger partial charge in [-0.25, -0.2) is 18.4 Å². The summed E-state index contributed by atoms with van der Waals surface area (Å²) >= 11 is 0.850. The van der Waals surface area contributed by atoms with Crippen LogP contribution in [0.4, 0.5) is 0 Å². The fourth-order valence-electron chi connectivity index (χ4n) is 1.56. The molecule has 0 bridgehead atoms. The standard InChI is InChI=1S/C13H17N3O5S2/c1-7(10-15-12(16-21-10)13(2,3)4)20-11(17)8-5-9(22-6-8)23(14,18)19/h5-7H,1-4H3,(H2,14,18,19). The molecule has 10 heteroatoms. The van der Waals surface area contributed by atoms with Gasteiger partial charge in [0.2, 0.25) is 10.0 Å². The van der Waals surface area contributed by atoms with Gasteiger partial charge in [-0.3, -0.25) is 0 Å². The van der Waals surface area contributed by atoms with Gasteiger partial charge in [0.25, 0.3) is 5.89 Å². The van der Waals surface area contributed by atoms with E-state index in [-0.39, 0.29) is 21.1 Å². The average molecular weight is 359 g/mol. The third-order valence-corrected chi connectivity index (χ3v) is 5.22. The summed E-state index contributed by atoms with van der Waals surface area (Å²) in [5, 5.41) is 10.2. The number of esters is 1. The van der Waals surface area contributed by atoms with E-state index in [4.69, 9.17) is 14.4 Å². The second-order valence-electron chi connectivity index (χ2n) is 5.95. The number of ether oxygens (including phenoxy) is 1. The van der Waals surface area contributed by atoms with Gasteiger partial charge in [0.15, 0.2) is 11.9 Å². The minimum atomic E-state index is -3.84. The first-order valence-electron chi connectivity index (χ1n) is 6.65. The summed E-state index contributed by atoms with van der Waals surface area (Å²) in [6, 6.07) is 1.17. The van der Waals surface area contributed by atoms with Crippen LogP contribution < -0.4 is 5.14 Å². The van der Waals surface area contributed by atoms with Crippen LogP contribution in [0, 0.1) is 0 Å². The molecule has 1 atom stereocenters. The Hall–Kier alpha value is -1.78. The van der Waals surface area contributed by atoms with Crippen molar-refractivity contribution in [3.63, 3.8) is 0 Å². The quantitative estimate of drug-likeness (QED) is 0.827. The second-order valence-corrected chi connectivity index (χ2v) is 8.65. The Kier molecular flexibility index (Phi) is 4.60. The highest BCUT2D eigenvalue weighted by molar-refractivity contribution is 7.91. The van der Waals surface area contributed by atoms with Gasteiger partial charge < -0.3 is 9.26 Å². The molecule has 126 valence electrons. The number of hydrogen-bond acceptors (Lipinski definition) is 8. The Labute approximate surface area is 137 Å². The van der Waals surface area contributed by atoms with Gasteiger partial charge in [0.05, 0.1) is 5.56 Å². The summed E-state index contributed by atoms with van der Waals surface area (Å²) in [4.78, 5) is 16.2. The van der Waals surface area contributed by atoms with Crippen LogP contribution in [0.5, 0.6) is 0 Å². The Bertz CT molecular complexity index is 817. The van der Waals surface area contributed by atoms with Gasteiger partial charge in [0, 0.05) is 10.8 Å². The van der Waals surface area contributed by atoms with Crippen molar-refractivity contribution in [2.45, 2.75) is 43.4 Å². The Balaban J connectivity index is 2.11. The van der Waals surface area contributed by atoms with Crippen molar-refractivity contribution in [1.82, 2.24) is 10.1 Å². The van der Waals surface area contributed by atoms with Crippen molar-refractivity contribution >= 4 is 27.3 Å². The minimum Gasteiger partial charge on any atom is -0.449 e. The number of carbonyl (C=O) groups excluding carboxylic acids is 1. The van der Waals surface area contributed by atoms with Gasteiger partial charge in [0.1, 0.15) is 4.21 Å². The summed E-state index contributed by atoms with van der Waals surface area (Å²) in [6.07, 6.45) is -0.760. The molecule has 0 aliphatic heterocycles. The highest BCUT2D eigenvalue weighted by Crippen LogP contribution is 2.24. The average Bonchev–Trinajstić information content (AvgIpc) is 3.07. The van der Waals surface area contributed by atoms with Gasteiger partial charge >= 0.3 is 5.97 Å². The van der Waals surface area contributed by atoms with Crippen LogP contribution in [-0.4, -0.2) is 24.5 Å². The number of sulfonamides is 1. The molecule has 0 aliphatic carbocycles. The van der Waals surface area contributed by atoms with Crippen molar-refractivity contribution < 1.29 is 22.5 Å². The number of thiophene rings is 1. The van der Waals surface area contributed by atoms with E-state index in [2.05, 4.69) is 10.1 Å². The lowest BCUT2D eigenvalue weighted by molar-refractivity contribution is 0.0266. The molecule has 0 spiro atoms. The van der Waals surface area contributed by atoms with E-state index >= 15 is 0 Å². The molecule has 0 aliphatic rings. The van der Waals surface area contributed by atoms with Crippen molar-refractivity contribution in [2.75, 3.05) is 0 Å². The zero-order valence-corrected chi connectivity index (χ0v) is 14.7. The highest BCUT2D eigenvalue weighted by Gasteiger charge is 2.25. The molecule has 2 aromatic heterocycles. The summed E-state index contributed by atoms with van der Waals surface area (Å²) in [6.45, 7) is 7.38. The van der Waals surface area contributed by atoms with E-state index in [9.17, 15) is 13.2 Å². The molecule has 0 saturated heterocycles. The normalized spacial score (nSPS) is 13.8. The third kappa shape index (κ3) is 4.15. The third-order valence-electron chi connectivity index (χ3n) is 2.84. The summed E-state index contributed by atoms with van der Waals surface area (Å²) in [7, 11) is -3.84. The van der Waals surface area contributed by atoms with Crippen molar-refractivity contribution in [3.8, 4) is 0 Å². The van der Waals surface area contributed by atoms with Crippen molar-refractivity contribution in [3.05, 3.63) is 28.7 Å². The predicted octanol–water partition coefficient (Wildman–Crippen LogP) is 1.99. The molecule has 0 radical (unpaired) electrons. The van der Waals surface area contributed by atoms with Crippen molar-refractivity contribution in [2.24, 2.45) is 5.14 Å². The van der Waals surface area contributed by atoms with Crippen LogP contribution in [-0.2, 0) is 20.2 Å². The molecule has 2 heterocycles. The molecular formula is C13H17N3O5S2. The smallest absolute Gasteiger partial charge is 0.339 e. The number of aromatic nitrogens is 2. The van der Waals surface area contributed by atoms with Crippen LogP contribution in [0.15, 0.2) is 20.2 Å². The van der Waals surface area contributed by atoms with Crippen LogP contribution in [0.25, 0.3) is 0 Å². The number of primary sulfonamides is 1. The molecule has 8 nitrogen and oxygen atoms in total. The number of carbonyl (C=O) groups is 1. The van der Waals surface area contributed by atoms with E-state index in [0.717, 1.165) is 11.3 Å². The molecule has 0 amide bonds. The van der Waals surface area contributed by atoms with Gasteiger partial charge in [-0.1, -0.05) is 25.9 Å². The molecule has 2 N–H and O–H groups in total. The van der Waals surface area contributed by atoms with Crippen LogP contribution in [0.3, 0.4) is 0 Å². The highest BCUT2D eigenvalue weighted by atomic mass is 32.2. The van der Waals surface area contributed by atoms with E-state index in [0.29, 0.717) is 5.82 Å². The first-order valence-corrected chi connectivity index (χ1v) is 9.07. The molecule has 0 aromatic carbocycles. The SMILES string of the molecule is CC(OC(=O)c1csc(S(N)(=O)=O)c1)c1nc(C(C)(C)C)no1. The van der Waals surface area contributed by atoms with E-state index in [1.807, 2.05) is 20.8 Å². The molecule has 0 saturated carbocycles. The first kappa shape index (κ1) is 17.6. The lowest BCUT2D eigenvalue weighted by atomic mass is 9.96. The predicted molar refractivity (Wildman–Crippen MR) is 82.5 cm³/mol. The summed E-state index contributed by atoms with van der Waals surface area (Å²) in [5.74, 6) is -0.0215. The van der Waals surface area contributed by atoms with Gasteiger partial charge in [-0.2, -0.15) is 4.98 Å². The van der Waals surface area contributed by atoms with E-state index in [1.165, 1.54) is 11.4 Å². The molecule has 2 aromatic rings. The lowest BCUT2D eigenvalue weighted by Gasteiger charge is -2.11. The zero-order valence-electron chi connectivity index (χ0n) is 13.1. The topological polar surface area (TPSA) is 125 Å². The zero-order chi connectivity index (χ0) is 17.4. The van der Waals surface area contributed by atoms with Crippen LogP contribution in [0.2, 0.25) is 0 Å². The van der Waals surface area contributed by atoms with E-state index < -0.39 is 22.1 Å². The maximum Gasteiger partial charge on any atom is 0.339 e. The van der Waals surface area contributed by atoms with Gasteiger partial charge in [-0.05, 0) is 13.0 Å². The number of nitrogens with two attached hydrogens (primary N) is 1. The van der Waals surface area contributed by atoms with Crippen LogP contribution in [0.1, 0.15) is 55.9 Å². The molecule has 2 rings (SSSR count). The first-order chi connectivity index (χ1) is 10.5. The molecule has 23 heavy (non-hydrogen) atoms. The Morgan fingerprint density at radius 2 is 2.09 bits per heavy atom. The maximum absolute atomic E-state index is 12.0. The largest absolute Gasteiger partial charge is 0.449 e. The summed E-state index contributed by atoms with van der Waals surface area (Å²) in [5.41, 5.74) is -0.190.